The first-order valence-electron chi connectivity index (χ1n) is 9.11. The van der Waals surface area contributed by atoms with Crippen molar-refractivity contribution in [3.8, 4) is 0 Å². The van der Waals surface area contributed by atoms with E-state index < -0.39 is 16.9 Å². The smallest absolute Gasteiger partial charge is 0.180 e. The second-order valence-electron chi connectivity index (χ2n) is 8.14. The minimum atomic E-state index is -1.21. The Kier molecular flexibility index (Phi) is 5.66. The molecule has 142 valence electrons. The fourth-order valence-corrected chi connectivity index (χ4v) is 4.34. The van der Waals surface area contributed by atoms with Gasteiger partial charge in [0.05, 0.1) is 13.2 Å². The van der Waals surface area contributed by atoms with Gasteiger partial charge in [-0.15, -0.1) is 4.72 Å². The third-order valence-corrected chi connectivity index (χ3v) is 6.63. The van der Waals surface area contributed by atoms with Crippen molar-refractivity contribution in [3.63, 3.8) is 0 Å². The summed E-state index contributed by atoms with van der Waals surface area (Å²) < 4.78 is 27.4. The molecule has 0 aromatic heterocycles. The monoisotopic (exact) mass is 375 g/mol. The summed E-state index contributed by atoms with van der Waals surface area (Å²) in [5.41, 5.74) is 4.08. The highest BCUT2D eigenvalue weighted by atomic mass is 32.2. The lowest BCUT2D eigenvalue weighted by molar-refractivity contribution is -0.0122. The molecule has 0 saturated carbocycles. The summed E-state index contributed by atoms with van der Waals surface area (Å²) in [5.74, 6) is 0. The van der Waals surface area contributed by atoms with Gasteiger partial charge in [0, 0.05) is 11.4 Å². The van der Waals surface area contributed by atoms with Gasteiger partial charge in [0.2, 0.25) is 0 Å². The first kappa shape index (κ1) is 19.6. The number of benzene rings is 1. The lowest BCUT2D eigenvalue weighted by atomic mass is 9.84. The Labute approximate surface area is 160 Å². The number of rotatable bonds is 5. The molecule has 1 aromatic carbocycles. The Morgan fingerprint density at radius 3 is 2.27 bits per heavy atom. The molecule has 1 aliphatic heterocycles. The molecule has 1 aliphatic carbocycles. The van der Waals surface area contributed by atoms with E-state index in [-0.39, 0.29) is 11.0 Å². The fourth-order valence-electron chi connectivity index (χ4n) is 3.44. The molecule has 5 heteroatoms. The zero-order valence-electron chi connectivity index (χ0n) is 16.3. The van der Waals surface area contributed by atoms with E-state index in [0.717, 1.165) is 23.1 Å². The summed E-state index contributed by atoms with van der Waals surface area (Å²) in [6.07, 6.45) is 2.74. The summed E-state index contributed by atoms with van der Waals surface area (Å²) in [5, 5.41) is 0. The number of ether oxygens (including phenoxy) is 2. The normalized spacial score (nSPS) is 22.5. The largest absolute Gasteiger partial charge is 0.598 e. The van der Waals surface area contributed by atoms with Crippen LogP contribution in [-0.4, -0.2) is 28.8 Å². The van der Waals surface area contributed by atoms with E-state index in [1.165, 1.54) is 5.57 Å². The molecule has 1 aromatic rings. The van der Waals surface area contributed by atoms with Crippen molar-refractivity contribution >= 4 is 11.4 Å². The molecule has 3 rings (SSSR count). The fraction of sp³-hybridized carbons (Fsp3) is 0.524. The van der Waals surface area contributed by atoms with Gasteiger partial charge in [-0.3, -0.25) is 0 Å². The molecule has 1 N–H and O–H groups in total. The molecule has 2 atom stereocenters. The van der Waals surface area contributed by atoms with E-state index in [2.05, 4.69) is 36.8 Å². The van der Waals surface area contributed by atoms with Gasteiger partial charge in [-0.05, 0) is 57.7 Å². The van der Waals surface area contributed by atoms with E-state index >= 15 is 0 Å². The van der Waals surface area contributed by atoms with E-state index in [4.69, 9.17) is 9.47 Å². The van der Waals surface area contributed by atoms with Gasteiger partial charge in [0.15, 0.2) is 6.29 Å². The van der Waals surface area contributed by atoms with Crippen molar-refractivity contribution in [3.05, 3.63) is 58.7 Å². The molecule has 1 heterocycles. The van der Waals surface area contributed by atoms with Crippen molar-refractivity contribution in [1.29, 1.82) is 0 Å². The first-order valence-corrected chi connectivity index (χ1v) is 10.3. The van der Waals surface area contributed by atoms with Crippen LogP contribution in [0.3, 0.4) is 0 Å². The Balaban J connectivity index is 1.99. The molecule has 1 saturated heterocycles. The topological polar surface area (TPSA) is 53.5 Å². The van der Waals surface area contributed by atoms with Gasteiger partial charge >= 0.3 is 0 Å². The molecule has 1 fully saturated rings. The molecular formula is C21H29NO3S. The number of nitrogens with one attached hydrogen (secondary N) is 1. The Bertz CT molecular complexity index is 702. The van der Waals surface area contributed by atoms with Crippen molar-refractivity contribution in [2.75, 3.05) is 13.2 Å². The Hall–Kier alpha value is -1.11. The molecular weight excluding hydrogens is 346 g/mol. The van der Waals surface area contributed by atoms with Crippen LogP contribution in [0.25, 0.3) is 0 Å². The maximum atomic E-state index is 13.0. The van der Waals surface area contributed by atoms with Gasteiger partial charge in [0.25, 0.3) is 0 Å². The predicted molar refractivity (Wildman–Crippen MR) is 106 cm³/mol. The van der Waals surface area contributed by atoms with Crippen LogP contribution in [0.5, 0.6) is 0 Å². The SMILES string of the molecule is CC1=C(C(C)(N[S+]([O-])C(C)(C)C)c2ccccc2)C=C(C2OCCO2)C1. The van der Waals surface area contributed by atoms with Crippen LogP contribution >= 0.6 is 0 Å². The van der Waals surface area contributed by atoms with E-state index in [1.807, 2.05) is 39.0 Å². The van der Waals surface area contributed by atoms with E-state index in [9.17, 15) is 4.55 Å². The maximum Gasteiger partial charge on any atom is 0.180 e. The maximum absolute atomic E-state index is 13.0. The van der Waals surface area contributed by atoms with Crippen LogP contribution in [-0.2, 0) is 26.4 Å². The quantitative estimate of drug-likeness (QED) is 0.791. The molecule has 4 nitrogen and oxygen atoms in total. The molecule has 0 spiro atoms. The summed E-state index contributed by atoms with van der Waals surface area (Å²) in [6.45, 7) is 11.5. The second-order valence-corrected chi connectivity index (χ2v) is 10.1. The van der Waals surface area contributed by atoms with E-state index in [1.54, 1.807) is 0 Å². The first-order chi connectivity index (χ1) is 12.2. The molecule has 2 aliphatic rings. The number of allylic oxidation sites excluding steroid dienone is 1. The standard InChI is InChI=1S/C21H29NO3S/c1-15-13-16(19-24-11-12-25-19)14-18(15)21(5,17-9-7-6-8-10-17)22-26(23)20(2,3)4/h6-10,14,19,22H,11-13H2,1-5H3. The molecule has 0 bridgehead atoms. The van der Waals surface area contributed by atoms with Crippen LogP contribution in [0.2, 0.25) is 0 Å². The van der Waals surface area contributed by atoms with Crippen LogP contribution in [0.1, 0.15) is 46.6 Å². The number of hydrogen-bond acceptors (Lipinski definition) is 4. The third-order valence-electron chi connectivity index (χ3n) is 4.93. The van der Waals surface area contributed by atoms with Crippen LogP contribution in [0.4, 0.5) is 0 Å². The molecule has 26 heavy (non-hydrogen) atoms. The highest BCUT2D eigenvalue weighted by Crippen LogP contribution is 2.41. The highest BCUT2D eigenvalue weighted by molar-refractivity contribution is 7.90. The summed E-state index contributed by atoms with van der Waals surface area (Å²) in [4.78, 5) is 0. The minimum Gasteiger partial charge on any atom is -0.598 e. The highest BCUT2D eigenvalue weighted by Gasteiger charge is 2.42. The third kappa shape index (κ3) is 3.92. The Morgan fingerprint density at radius 1 is 1.08 bits per heavy atom. The average Bonchev–Trinajstić information content (AvgIpc) is 3.24. The second kappa shape index (κ2) is 7.49. The van der Waals surface area contributed by atoms with Crippen LogP contribution in [0, 0.1) is 0 Å². The lowest BCUT2D eigenvalue weighted by Crippen LogP contribution is -2.50. The van der Waals surface area contributed by atoms with Gasteiger partial charge in [-0.25, -0.2) is 0 Å². The molecule has 0 radical (unpaired) electrons. The van der Waals surface area contributed by atoms with Gasteiger partial charge < -0.3 is 14.0 Å². The van der Waals surface area contributed by atoms with Crippen molar-refractivity contribution < 1.29 is 14.0 Å². The van der Waals surface area contributed by atoms with Crippen molar-refractivity contribution in [1.82, 2.24) is 4.72 Å². The van der Waals surface area contributed by atoms with Gasteiger partial charge in [-0.1, -0.05) is 42.0 Å². The number of hydrogen-bond donors (Lipinski definition) is 1. The minimum absolute atomic E-state index is 0.254. The zero-order valence-corrected chi connectivity index (χ0v) is 17.1. The van der Waals surface area contributed by atoms with Crippen molar-refractivity contribution in [2.24, 2.45) is 0 Å². The van der Waals surface area contributed by atoms with E-state index in [0.29, 0.717) is 13.2 Å². The summed E-state index contributed by atoms with van der Waals surface area (Å²) >= 11 is -1.21. The van der Waals surface area contributed by atoms with Gasteiger partial charge in [-0.2, -0.15) is 0 Å². The van der Waals surface area contributed by atoms with Crippen molar-refractivity contribution in [2.45, 2.75) is 57.6 Å². The van der Waals surface area contributed by atoms with Gasteiger partial charge in [0.1, 0.15) is 10.3 Å². The molecule has 0 amide bonds. The van der Waals surface area contributed by atoms with Crippen LogP contribution < -0.4 is 4.72 Å². The summed E-state index contributed by atoms with van der Waals surface area (Å²) in [6, 6.07) is 10.2. The Morgan fingerprint density at radius 2 is 1.69 bits per heavy atom. The predicted octanol–water partition coefficient (Wildman–Crippen LogP) is 3.97. The molecule has 2 unspecified atom stereocenters. The summed E-state index contributed by atoms with van der Waals surface area (Å²) in [7, 11) is 0. The van der Waals surface area contributed by atoms with Crippen LogP contribution in [0.15, 0.2) is 53.1 Å². The zero-order chi connectivity index (χ0) is 18.9. The average molecular weight is 376 g/mol. The lowest BCUT2D eigenvalue weighted by Gasteiger charge is -2.36.